The SMILES string of the molecule is CCN1C(=O)[C@H](NC(=O)C2N=C(C(F)(F)F)C=CN2C)[C@@H](c2ccccc2)c2cnn(-c3ccccc3)c21. The lowest BCUT2D eigenvalue weighted by Gasteiger charge is -2.39. The van der Waals surface area contributed by atoms with Crippen LogP contribution in [0.5, 0.6) is 0 Å². The predicted octanol–water partition coefficient (Wildman–Crippen LogP) is 3.64. The van der Waals surface area contributed by atoms with Crippen molar-refractivity contribution in [3.8, 4) is 5.69 Å². The number of para-hydroxylation sites is 1. The number of hydrogen-bond acceptors (Lipinski definition) is 5. The van der Waals surface area contributed by atoms with Crippen LogP contribution in [0.4, 0.5) is 19.0 Å². The van der Waals surface area contributed by atoms with Crippen molar-refractivity contribution in [3.05, 3.63) is 90.3 Å². The third-order valence-corrected chi connectivity index (χ3v) is 6.64. The second kappa shape index (κ2) is 9.81. The molecule has 0 saturated heterocycles. The number of aromatic nitrogens is 2. The molecule has 2 aliphatic heterocycles. The lowest BCUT2D eigenvalue weighted by Crippen LogP contribution is -2.58. The summed E-state index contributed by atoms with van der Waals surface area (Å²) in [6.45, 7) is 2.10. The summed E-state index contributed by atoms with van der Waals surface area (Å²) in [5, 5.41) is 7.30. The Hall–Kier alpha value is -4.41. The van der Waals surface area contributed by atoms with Crippen LogP contribution in [0.2, 0.25) is 0 Å². The number of rotatable bonds is 5. The van der Waals surface area contributed by atoms with Gasteiger partial charge in [0.25, 0.3) is 11.8 Å². The molecule has 1 unspecified atom stereocenters. The first kappa shape index (κ1) is 25.2. The number of aliphatic imine (C=N–C) groups is 1. The number of fused-ring (bicyclic) bond motifs is 1. The predicted molar refractivity (Wildman–Crippen MR) is 136 cm³/mol. The van der Waals surface area contributed by atoms with E-state index in [9.17, 15) is 22.8 Å². The minimum atomic E-state index is -4.70. The summed E-state index contributed by atoms with van der Waals surface area (Å²) in [4.78, 5) is 33.7. The van der Waals surface area contributed by atoms with Crippen LogP contribution in [0.25, 0.3) is 5.69 Å². The largest absolute Gasteiger partial charge is 0.433 e. The van der Waals surface area contributed by atoms with E-state index in [1.165, 1.54) is 16.8 Å². The van der Waals surface area contributed by atoms with Gasteiger partial charge in [0.1, 0.15) is 17.6 Å². The summed E-state index contributed by atoms with van der Waals surface area (Å²) >= 11 is 0. The highest BCUT2D eigenvalue weighted by molar-refractivity contribution is 6.05. The second-order valence-electron chi connectivity index (χ2n) is 8.99. The molecule has 0 aliphatic carbocycles. The number of carbonyl (C=O) groups excluding carboxylic acids is 2. The molecule has 3 heterocycles. The van der Waals surface area contributed by atoms with Crippen molar-refractivity contribution in [2.75, 3.05) is 18.5 Å². The fourth-order valence-electron chi connectivity index (χ4n) is 4.85. The van der Waals surface area contributed by atoms with Crippen LogP contribution in [0.1, 0.15) is 24.0 Å². The van der Waals surface area contributed by atoms with Crippen LogP contribution in [0.3, 0.4) is 0 Å². The summed E-state index contributed by atoms with van der Waals surface area (Å²) in [5.74, 6) is -1.25. The number of likely N-dealkylation sites (N-methyl/N-ethyl adjacent to an activating group) is 2. The van der Waals surface area contributed by atoms with E-state index in [1.54, 1.807) is 10.9 Å². The molecule has 0 bridgehead atoms. The molecule has 2 aromatic carbocycles. The molecule has 3 atom stereocenters. The number of amides is 2. The standard InChI is InChI=1S/C27H25F3N6O2/c1-3-35-25-19(16-31-36(25)18-12-8-5-9-13-18)21(17-10-6-4-7-11-17)22(26(35)38)33-24(37)23-32-20(27(28,29)30)14-15-34(23)2/h4-16,21-23H,3H2,1-2H3,(H,33,37)/t21-,22+,23?/m0/s1. The number of anilines is 1. The van der Waals surface area contributed by atoms with Crippen LogP contribution in [0, 0.1) is 0 Å². The Kier molecular flexibility index (Phi) is 6.52. The topological polar surface area (TPSA) is 82.8 Å². The van der Waals surface area contributed by atoms with E-state index in [2.05, 4.69) is 15.4 Å². The van der Waals surface area contributed by atoms with E-state index in [4.69, 9.17) is 0 Å². The van der Waals surface area contributed by atoms with Crippen molar-refractivity contribution in [2.45, 2.75) is 31.2 Å². The summed E-state index contributed by atoms with van der Waals surface area (Å²) in [6.07, 6.45) is -2.56. The molecular weight excluding hydrogens is 497 g/mol. The van der Waals surface area contributed by atoms with Crippen LogP contribution in [-0.4, -0.2) is 64.2 Å². The third kappa shape index (κ3) is 4.44. The maximum absolute atomic E-state index is 13.9. The summed E-state index contributed by atoms with van der Waals surface area (Å²) in [7, 11) is 1.45. The van der Waals surface area contributed by atoms with Crippen LogP contribution in [0.15, 0.2) is 84.1 Å². The van der Waals surface area contributed by atoms with Crippen molar-refractivity contribution in [3.63, 3.8) is 0 Å². The summed E-state index contributed by atoms with van der Waals surface area (Å²) in [6, 6.07) is 17.5. The van der Waals surface area contributed by atoms with E-state index in [0.717, 1.165) is 23.5 Å². The highest BCUT2D eigenvalue weighted by Crippen LogP contribution is 2.41. The first-order valence-corrected chi connectivity index (χ1v) is 12.1. The Morgan fingerprint density at radius 1 is 1.05 bits per heavy atom. The van der Waals surface area contributed by atoms with Gasteiger partial charge in [-0.15, -0.1) is 0 Å². The number of allylic oxidation sites excluding steroid dienone is 1. The number of nitrogens with zero attached hydrogens (tertiary/aromatic N) is 5. The van der Waals surface area contributed by atoms with Gasteiger partial charge in [0.05, 0.1) is 11.9 Å². The first-order chi connectivity index (χ1) is 18.2. The molecule has 0 saturated carbocycles. The minimum absolute atomic E-state index is 0.292. The molecular formula is C27H25F3N6O2. The van der Waals surface area contributed by atoms with Gasteiger partial charge >= 0.3 is 6.18 Å². The molecule has 5 rings (SSSR count). The van der Waals surface area contributed by atoms with Crippen molar-refractivity contribution >= 4 is 23.3 Å². The summed E-state index contributed by atoms with van der Waals surface area (Å²) < 4.78 is 41.6. The second-order valence-corrected chi connectivity index (χ2v) is 8.99. The lowest BCUT2D eigenvalue weighted by molar-refractivity contribution is -0.130. The number of halogens is 3. The molecule has 196 valence electrons. The van der Waals surface area contributed by atoms with Crippen LogP contribution in [-0.2, 0) is 9.59 Å². The van der Waals surface area contributed by atoms with E-state index >= 15 is 0 Å². The Labute approximate surface area is 217 Å². The fraction of sp³-hybridized carbons (Fsp3) is 0.259. The first-order valence-electron chi connectivity index (χ1n) is 12.1. The van der Waals surface area contributed by atoms with Gasteiger partial charge in [-0.3, -0.25) is 14.5 Å². The average Bonchev–Trinajstić information content (AvgIpc) is 3.34. The van der Waals surface area contributed by atoms with Gasteiger partial charge in [-0.25, -0.2) is 9.67 Å². The highest BCUT2D eigenvalue weighted by Gasteiger charge is 2.45. The van der Waals surface area contributed by atoms with Crippen molar-refractivity contribution in [1.82, 2.24) is 20.0 Å². The molecule has 2 amide bonds. The van der Waals surface area contributed by atoms with E-state index in [1.807, 2.05) is 67.6 Å². The number of alkyl halides is 3. The molecule has 0 radical (unpaired) electrons. The molecule has 1 aromatic heterocycles. The van der Waals surface area contributed by atoms with Gasteiger partial charge in [-0.1, -0.05) is 48.5 Å². The van der Waals surface area contributed by atoms with Gasteiger partial charge in [0.15, 0.2) is 0 Å². The van der Waals surface area contributed by atoms with Crippen molar-refractivity contribution < 1.29 is 22.8 Å². The normalized spacial score (nSPS) is 21.2. The van der Waals surface area contributed by atoms with Gasteiger partial charge in [-0.2, -0.15) is 18.3 Å². The van der Waals surface area contributed by atoms with Gasteiger partial charge in [0.2, 0.25) is 6.17 Å². The molecule has 1 N–H and O–H groups in total. The number of carbonyl (C=O) groups is 2. The quantitative estimate of drug-likeness (QED) is 0.555. The van der Waals surface area contributed by atoms with Crippen LogP contribution < -0.4 is 10.2 Å². The smallest absolute Gasteiger partial charge is 0.351 e. The van der Waals surface area contributed by atoms with Crippen molar-refractivity contribution in [2.24, 2.45) is 4.99 Å². The maximum Gasteiger partial charge on any atom is 0.433 e. The number of benzene rings is 2. The summed E-state index contributed by atoms with van der Waals surface area (Å²) in [5.41, 5.74) is 1.07. The molecule has 2 aliphatic rings. The molecule has 11 heteroatoms. The third-order valence-electron chi connectivity index (χ3n) is 6.64. The van der Waals surface area contributed by atoms with E-state index < -0.39 is 41.8 Å². The zero-order valence-corrected chi connectivity index (χ0v) is 20.6. The van der Waals surface area contributed by atoms with Crippen molar-refractivity contribution in [1.29, 1.82) is 0 Å². The van der Waals surface area contributed by atoms with Gasteiger partial charge in [-0.05, 0) is 30.7 Å². The highest BCUT2D eigenvalue weighted by atomic mass is 19.4. The molecule has 3 aromatic rings. The minimum Gasteiger partial charge on any atom is -0.351 e. The Balaban J connectivity index is 1.58. The van der Waals surface area contributed by atoms with Gasteiger partial charge < -0.3 is 10.2 Å². The fourth-order valence-corrected chi connectivity index (χ4v) is 4.85. The molecule has 0 spiro atoms. The van der Waals surface area contributed by atoms with E-state index in [-0.39, 0.29) is 0 Å². The zero-order chi connectivity index (χ0) is 27.0. The Bertz CT molecular complexity index is 1400. The Morgan fingerprint density at radius 2 is 1.71 bits per heavy atom. The lowest BCUT2D eigenvalue weighted by atomic mass is 9.82. The average molecular weight is 523 g/mol. The zero-order valence-electron chi connectivity index (χ0n) is 20.6. The monoisotopic (exact) mass is 522 g/mol. The van der Waals surface area contributed by atoms with Crippen LogP contribution >= 0.6 is 0 Å². The van der Waals surface area contributed by atoms with E-state index in [0.29, 0.717) is 17.9 Å². The number of nitrogens with one attached hydrogen (secondary N) is 1. The molecule has 8 nitrogen and oxygen atoms in total. The Morgan fingerprint density at radius 3 is 2.34 bits per heavy atom. The maximum atomic E-state index is 13.9. The van der Waals surface area contributed by atoms with Gasteiger partial charge in [0, 0.05) is 31.3 Å². The molecule has 38 heavy (non-hydrogen) atoms. The number of hydrogen-bond donors (Lipinski definition) is 1. The molecule has 0 fully saturated rings.